The third kappa shape index (κ3) is 6.96. The summed E-state index contributed by atoms with van der Waals surface area (Å²) in [5.74, 6) is -0.156. The Labute approximate surface area is 216 Å². The van der Waals surface area contributed by atoms with Crippen molar-refractivity contribution in [3.05, 3.63) is 69.2 Å². The van der Waals surface area contributed by atoms with Gasteiger partial charge in [-0.15, -0.1) is 0 Å². The van der Waals surface area contributed by atoms with Gasteiger partial charge in [0.1, 0.15) is 0 Å². The van der Waals surface area contributed by atoms with E-state index >= 15 is 0 Å². The Hall–Kier alpha value is -2.16. The van der Waals surface area contributed by atoms with Gasteiger partial charge < -0.3 is 19.3 Å². The predicted molar refractivity (Wildman–Crippen MR) is 136 cm³/mol. The van der Waals surface area contributed by atoms with Crippen LogP contribution in [0.1, 0.15) is 26.3 Å². The summed E-state index contributed by atoms with van der Waals surface area (Å²) >= 11 is 12.1. The van der Waals surface area contributed by atoms with Crippen LogP contribution in [0.4, 0.5) is 0 Å². The maximum Gasteiger partial charge on any atom is 0.254 e. The number of hydrogen-bond donors (Lipinski definition) is 0. The van der Waals surface area contributed by atoms with Crippen LogP contribution in [0.3, 0.4) is 0 Å². The van der Waals surface area contributed by atoms with Crippen molar-refractivity contribution in [2.45, 2.75) is 13.0 Å². The van der Waals surface area contributed by atoms with E-state index in [0.29, 0.717) is 67.2 Å². The minimum atomic E-state index is -0.283. The SMILES string of the molecule is Cc1ccc(C(=O)N(CCN2CCOCC2)C[C@@H]2CN(C(=O)c3ccc(Cl)c(Cl)c3)CCO2)cc1. The molecule has 0 aliphatic carbocycles. The van der Waals surface area contributed by atoms with Crippen molar-refractivity contribution in [1.82, 2.24) is 14.7 Å². The third-order valence-electron chi connectivity index (χ3n) is 6.39. The van der Waals surface area contributed by atoms with Crippen LogP contribution in [0.5, 0.6) is 0 Å². The standard InChI is InChI=1S/C26H31Cl2N3O4/c1-19-2-4-20(5-3-19)25(32)30(9-8-29-10-13-34-14-11-29)17-22-18-31(12-15-35-22)26(33)21-6-7-23(27)24(28)16-21/h2-7,16,22H,8-15,17-18H2,1H3/t22-/m1/s1. The van der Waals surface area contributed by atoms with E-state index in [-0.39, 0.29) is 17.9 Å². The Bertz CT molecular complexity index is 1030. The molecule has 2 heterocycles. The van der Waals surface area contributed by atoms with Crippen LogP contribution < -0.4 is 0 Å². The summed E-state index contributed by atoms with van der Waals surface area (Å²) in [5, 5.41) is 0.758. The fraction of sp³-hybridized carbons (Fsp3) is 0.462. The highest BCUT2D eigenvalue weighted by Gasteiger charge is 2.29. The van der Waals surface area contributed by atoms with E-state index in [1.54, 1.807) is 23.1 Å². The van der Waals surface area contributed by atoms with Gasteiger partial charge in [-0.2, -0.15) is 0 Å². The predicted octanol–water partition coefficient (Wildman–Crippen LogP) is 3.62. The second kappa shape index (κ2) is 12.2. The number of rotatable bonds is 7. The van der Waals surface area contributed by atoms with Crippen LogP contribution in [0.2, 0.25) is 10.0 Å². The quantitative estimate of drug-likeness (QED) is 0.559. The van der Waals surface area contributed by atoms with Crippen LogP contribution >= 0.6 is 23.2 Å². The van der Waals surface area contributed by atoms with Crippen molar-refractivity contribution in [3.63, 3.8) is 0 Å². The minimum absolute atomic E-state index is 0.0326. The largest absolute Gasteiger partial charge is 0.379 e. The van der Waals surface area contributed by atoms with Gasteiger partial charge in [0.25, 0.3) is 11.8 Å². The molecule has 0 saturated carbocycles. The van der Waals surface area contributed by atoms with Crippen molar-refractivity contribution < 1.29 is 19.1 Å². The Morgan fingerprint density at radius 2 is 1.69 bits per heavy atom. The molecule has 0 aromatic heterocycles. The fourth-order valence-corrected chi connectivity index (χ4v) is 4.61. The van der Waals surface area contributed by atoms with Gasteiger partial charge in [0, 0.05) is 56.9 Å². The zero-order valence-electron chi connectivity index (χ0n) is 19.9. The first kappa shape index (κ1) is 25.9. The molecule has 188 valence electrons. The summed E-state index contributed by atoms with van der Waals surface area (Å²) < 4.78 is 11.4. The molecule has 2 fully saturated rings. The first-order valence-electron chi connectivity index (χ1n) is 11.9. The van der Waals surface area contributed by atoms with E-state index in [4.69, 9.17) is 32.7 Å². The molecule has 2 saturated heterocycles. The monoisotopic (exact) mass is 519 g/mol. The van der Waals surface area contributed by atoms with E-state index in [1.807, 2.05) is 36.1 Å². The maximum atomic E-state index is 13.4. The van der Waals surface area contributed by atoms with Crippen LogP contribution in [0.25, 0.3) is 0 Å². The van der Waals surface area contributed by atoms with Gasteiger partial charge in [-0.05, 0) is 37.3 Å². The van der Waals surface area contributed by atoms with Gasteiger partial charge in [0.2, 0.25) is 0 Å². The molecule has 4 rings (SSSR count). The number of amides is 2. The van der Waals surface area contributed by atoms with Crippen molar-refractivity contribution in [3.8, 4) is 0 Å². The molecule has 2 aliphatic rings. The van der Waals surface area contributed by atoms with Crippen LogP contribution in [0.15, 0.2) is 42.5 Å². The summed E-state index contributed by atoms with van der Waals surface area (Å²) in [7, 11) is 0. The molecule has 1 atom stereocenters. The topological polar surface area (TPSA) is 62.3 Å². The normalized spacial score (nSPS) is 18.9. The molecule has 0 N–H and O–H groups in total. The highest BCUT2D eigenvalue weighted by atomic mass is 35.5. The molecule has 2 aromatic rings. The molecule has 9 heteroatoms. The smallest absolute Gasteiger partial charge is 0.254 e. The molecule has 2 amide bonds. The Kier molecular flexibility index (Phi) is 9.03. The molecule has 0 spiro atoms. The average molecular weight is 520 g/mol. The van der Waals surface area contributed by atoms with E-state index in [9.17, 15) is 9.59 Å². The summed E-state index contributed by atoms with van der Waals surface area (Å²) in [5.41, 5.74) is 2.24. The number of carbonyl (C=O) groups is 2. The molecular formula is C26H31Cl2N3O4. The lowest BCUT2D eigenvalue weighted by Gasteiger charge is -2.37. The van der Waals surface area contributed by atoms with Gasteiger partial charge >= 0.3 is 0 Å². The highest BCUT2D eigenvalue weighted by molar-refractivity contribution is 6.42. The number of morpholine rings is 2. The summed E-state index contributed by atoms with van der Waals surface area (Å²) in [6.07, 6.45) is -0.283. The molecule has 2 aromatic carbocycles. The number of benzene rings is 2. The number of halogens is 2. The Morgan fingerprint density at radius 1 is 0.971 bits per heavy atom. The third-order valence-corrected chi connectivity index (χ3v) is 7.13. The molecular weight excluding hydrogens is 489 g/mol. The first-order valence-corrected chi connectivity index (χ1v) is 12.7. The van der Waals surface area contributed by atoms with Gasteiger partial charge in [-0.3, -0.25) is 14.5 Å². The van der Waals surface area contributed by atoms with Crippen LogP contribution in [0, 0.1) is 6.92 Å². The number of hydrogen-bond acceptors (Lipinski definition) is 5. The maximum absolute atomic E-state index is 13.4. The summed E-state index contributed by atoms with van der Waals surface area (Å²) in [4.78, 5) is 32.4. The summed E-state index contributed by atoms with van der Waals surface area (Å²) in [6.45, 7) is 8.18. The van der Waals surface area contributed by atoms with E-state index in [1.165, 1.54) is 0 Å². The number of ether oxygens (including phenoxy) is 2. The van der Waals surface area contributed by atoms with E-state index in [2.05, 4.69) is 4.90 Å². The zero-order valence-corrected chi connectivity index (χ0v) is 21.4. The number of carbonyl (C=O) groups excluding carboxylic acids is 2. The Balaban J connectivity index is 1.44. The molecule has 35 heavy (non-hydrogen) atoms. The van der Waals surface area contributed by atoms with Crippen molar-refractivity contribution in [2.75, 3.05) is 65.6 Å². The lowest BCUT2D eigenvalue weighted by Crippen LogP contribution is -2.52. The molecule has 0 unspecified atom stereocenters. The van der Waals surface area contributed by atoms with Gasteiger partial charge in [0.05, 0.1) is 36.0 Å². The molecule has 0 bridgehead atoms. The van der Waals surface area contributed by atoms with Crippen molar-refractivity contribution in [1.29, 1.82) is 0 Å². The molecule has 0 radical (unpaired) electrons. The van der Waals surface area contributed by atoms with Crippen molar-refractivity contribution >= 4 is 35.0 Å². The van der Waals surface area contributed by atoms with E-state index in [0.717, 1.165) is 25.2 Å². The summed E-state index contributed by atoms with van der Waals surface area (Å²) in [6, 6.07) is 12.5. The average Bonchev–Trinajstić information content (AvgIpc) is 2.88. The second-order valence-electron chi connectivity index (χ2n) is 8.94. The molecule has 7 nitrogen and oxygen atoms in total. The fourth-order valence-electron chi connectivity index (χ4n) is 4.31. The Morgan fingerprint density at radius 3 is 2.40 bits per heavy atom. The lowest BCUT2D eigenvalue weighted by molar-refractivity contribution is -0.0346. The molecule has 2 aliphatic heterocycles. The number of nitrogens with zero attached hydrogens (tertiary/aromatic N) is 3. The zero-order chi connectivity index (χ0) is 24.8. The number of aryl methyl sites for hydroxylation is 1. The first-order chi connectivity index (χ1) is 16.9. The van der Waals surface area contributed by atoms with Gasteiger partial charge in [0.15, 0.2) is 0 Å². The highest BCUT2D eigenvalue weighted by Crippen LogP contribution is 2.24. The minimum Gasteiger partial charge on any atom is -0.379 e. The van der Waals surface area contributed by atoms with Crippen molar-refractivity contribution in [2.24, 2.45) is 0 Å². The van der Waals surface area contributed by atoms with Crippen LogP contribution in [-0.4, -0.2) is 98.3 Å². The van der Waals surface area contributed by atoms with Gasteiger partial charge in [-0.25, -0.2) is 0 Å². The van der Waals surface area contributed by atoms with E-state index < -0.39 is 0 Å². The van der Waals surface area contributed by atoms with Gasteiger partial charge in [-0.1, -0.05) is 40.9 Å². The lowest BCUT2D eigenvalue weighted by atomic mass is 10.1. The van der Waals surface area contributed by atoms with Crippen LogP contribution in [-0.2, 0) is 9.47 Å². The second-order valence-corrected chi connectivity index (χ2v) is 9.76.